The lowest BCUT2D eigenvalue weighted by atomic mass is 10.2. The molecule has 1 saturated heterocycles. The second-order valence-electron chi connectivity index (χ2n) is 4.03. The zero-order valence-electron chi connectivity index (χ0n) is 9.51. The van der Waals surface area contributed by atoms with Gasteiger partial charge in [-0.15, -0.1) is 0 Å². The number of rotatable bonds is 1. The van der Waals surface area contributed by atoms with Crippen LogP contribution in [-0.4, -0.2) is 44.7 Å². The number of amides is 1. The van der Waals surface area contributed by atoms with E-state index in [-0.39, 0.29) is 11.9 Å². The van der Waals surface area contributed by atoms with E-state index in [9.17, 15) is 4.79 Å². The number of carbonyl (C=O) groups excluding carboxylic acids is 1. The van der Waals surface area contributed by atoms with Crippen molar-refractivity contribution in [2.24, 2.45) is 7.05 Å². The quantitative estimate of drug-likeness (QED) is 0.780. The van der Waals surface area contributed by atoms with Crippen molar-refractivity contribution >= 4 is 23.4 Å². The number of hydrogen-bond donors (Lipinski definition) is 1. The van der Waals surface area contributed by atoms with Crippen molar-refractivity contribution in [1.82, 2.24) is 14.7 Å². The van der Waals surface area contributed by atoms with Gasteiger partial charge in [0.25, 0.3) is 5.91 Å². The first-order valence-electron chi connectivity index (χ1n) is 5.27. The first-order chi connectivity index (χ1) is 7.59. The third-order valence-corrected chi connectivity index (χ3v) is 3.88. The highest BCUT2D eigenvalue weighted by Crippen LogP contribution is 2.20. The topological polar surface area (TPSA) is 64.2 Å². The molecule has 0 spiro atoms. The number of nitrogen functional groups attached to an aromatic ring is 1. The Morgan fingerprint density at radius 1 is 1.69 bits per heavy atom. The Kier molecular flexibility index (Phi) is 3.09. The predicted molar refractivity (Wildman–Crippen MR) is 65.4 cm³/mol. The minimum absolute atomic E-state index is 0.0501. The van der Waals surface area contributed by atoms with Crippen LogP contribution in [0.4, 0.5) is 5.69 Å². The van der Waals surface area contributed by atoms with Crippen LogP contribution < -0.4 is 5.73 Å². The van der Waals surface area contributed by atoms with E-state index < -0.39 is 0 Å². The van der Waals surface area contributed by atoms with E-state index in [1.165, 1.54) is 0 Å². The highest BCUT2D eigenvalue weighted by Gasteiger charge is 2.27. The molecule has 0 aromatic carbocycles. The fourth-order valence-corrected chi connectivity index (χ4v) is 2.85. The summed E-state index contributed by atoms with van der Waals surface area (Å²) in [6, 6.07) is 0.257. The lowest BCUT2D eigenvalue weighted by Gasteiger charge is -2.32. The highest BCUT2D eigenvalue weighted by atomic mass is 32.2. The van der Waals surface area contributed by atoms with Crippen LogP contribution in [0, 0.1) is 0 Å². The summed E-state index contributed by atoms with van der Waals surface area (Å²) in [4.78, 5) is 14.1. The maximum Gasteiger partial charge on any atom is 0.276 e. The molecule has 2 rings (SSSR count). The minimum Gasteiger partial charge on any atom is -0.396 e. The molecule has 0 radical (unpaired) electrons. The van der Waals surface area contributed by atoms with Crippen LogP contribution in [-0.2, 0) is 7.05 Å². The van der Waals surface area contributed by atoms with E-state index in [4.69, 9.17) is 5.73 Å². The number of nitrogens with zero attached hydrogens (tertiary/aromatic N) is 3. The van der Waals surface area contributed by atoms with Crippen LogP contribution >= 0.6 is 11.8 Å². The molecule has 0 saturated carbocycles. The number of thioether (sulfide) groups is 1. The van der Waals surface area contributed by atoms with Crippen LogP contribution in [0.5, 0.6) is 0 Å². The van der Waals surface area contributed by atoms with E-state index >= 15 is 0 Å². The predicted octanol–water partition coefficient (Wildman–Crippen LogP) is 0.580. The van der Waals surface area contributed by atoms with Crippen molar-refractivity contribution in [3.05, 3.63) is 11.9 Å². The molecule has 1 aromatic rings. The van der Waals surface area contributed by atoms with Gasteiger partial charge in [-0.25, -0.2) is 0 Å². The van der Waals surface area contributed by atoms with Crippen LogP contribution in [0.25, 0.3) is 0 Å². The largest absolute Gasteiger partial charge is 0.396 e. The first kappa shape index (κ1) is 11.3. The molecule has 2 heterocycles. The van der Waals surface area contributed by atoms with Crippen molar-refractivity contribution in [2.75, 3.05) is 23.8 Å². The number of nitrogens with two attached hydrogens (primary N) is 1. The summed E-state index contributed by atoms with van der Waals surface area (Å²) in [7, 11) is 1.77. The number of carbonyl (C=O) groups is 1. The molecule has 1 aliphatic rings. The van der Waals surface area contributed by atoms with Crippen LogP contribution in [0.2, 0.25) is 0 Å². The SMILES string of the molecule is CC1CSCCN1C(=O)c1nn(C)cc1N. The van der Waals surface area contributed by atoms with Crippen molar-refractivity contribution in [3.8, 4) is 0 Å². The van der Waals surface area contributed by atoms with E-state index in [1.807, 2.05) is 16.7 Å². The van der Waals surface area contributed by atoms with E-state index in [2.05, 4.69) is 12.0 Å². The second kappa shape index (κ2) is 4.37. The van der Waals surface area contributed by atoms with Gasteiger partial charge in [-0.2, -0.15) is 16.9 Å². The van der Waals surface area contributed by atoms with Gasteiger partial charge < -0.3 is 10.6 Å². The molecule has 16 heavy (non-hydrogen) atoms. The summed E-state index contributed by atoms with van der Waals surface area (Å²) in [5.74, 6) is 1.92. The molecule has 1 aromatic heterocycles. The lowest BCUT2D eigenvalue weighted by molar-refractivity contribution is 0.0710. The Morgan fingerprint density at radius 3 is 3.00 bits per heavy atom. The van der Waals surface area contributed by atoms with Gasteiger partial charge in [0.1, 0.15) is 0 Å². The molecule has 88 valence electrons. The monoisotopic (exact) mass is 240 g/mol. The smallest absolute Gasteiger partial charge is 0.276 e. The molecule has 0 bridgehead atoms. The normalized spacial score (nSPS) is 21.1. The average molecular weight is 240 g/mol. The number of aryl methyl sites for hydroxylation is 1. The summed E-state index contributed by atoms with van der Waals surface area (Å²) in [5.41, 5.74) is 6.59. The molecule has 2 N–H and O–H groups in total. The summed E-state index contributed by atoms with van der Waals surface area (Å²) in [6.07, 6.45) is 1.66. The third-order valence-electron chi connectivity index (χ3n) is 2.69. The van der Waals surface area contributed by atoms with Crippen LogP contribution in [0.15, 0.2) is 6.20 Å². The van der Waals surface area contributed by atoms with E-state index in [0.717, 1.165) is 18.1 Å². The van der Waals surface area contributed by atoms with Gasteiger partial charge >= 0.3 is 0 Å². The lowest BCUT2D eigenvalue weighted by Crippen LogP contribution is -2.44. The van der Waals surface area contributed by atoms with Gasteiger partial charge in [-0.05, 0) is 6.92 Å². The van der Waals surface area contributed by atoms with Crippen LogP contribution in [0.1, 0.15) is 17.4 Å². The molecule has 6 heteroatoms. The molecule has 0 aliphatic carbocycles. The van der Waals surface area contributed by atoms with E-state index in [0.29, 0.717) is 11.4 Å². The van der Waals surface area contributed by atoms with Gasteiger partial charge in [0, 0.05) is 37.3 Å². The fraction of sp³-hybridized carbons (Fsp3) is 0.600. The molecule has 1 amide bonds. The van der Waals surface area contributed by atoms with Gasteiger partial charge in [0.2, 0.25) is 0 Å². The minimum atomic E-state index is -0.0501. The van der Waals surface area contributed by atoms with Crippen LogP contribution in [0.3, 0.4) is 0 Å². The van der Waals surface area contributed by atoms with Crippen molar-refractivity contribution in [1.29, 1.82) is 0 Å². The first-order valence-corrected chi connectivity index (χ1v) is 6.43. The number of aromatic nitrogens is 2. The summed E-state index contributed by atoms with van der Waals surface area (Å²) >= 11 is 1.88. The van der Waals surface area contributed by atoms with Gasteiger partial charge in [0.15, 0.2) is 5.69 Å². The molecule has 1 aliphatic heterocycles. The standard InChI is InChI=1S/C10H16N4OS/c1-7-6-16-4-3-14(7)10(15)9-8(11)5-13(2)12-9/h5,7H,3-4,6,11H2,1-2H3. The van der Waals surface area contributed by atoms with Crippen molar-refractivity contribution < 1.29 is 4.79 Å². The molecule has 1 unspecified atom stereocenters. The maximum atomic E-state index is 12.2. The zero-order valence-corrected chi connectivity index (χ0v) is 10.3. The molecular formula is C10H16N4OS. The average Bonchev–Trinajstić information content (AvgIpc) is 2.58. The maximum absolute atomic E-state index is 12.2. The number of hydrogen-bond acceptors (Lipinski definition) is 4. The Morgan fingerprint density at radius 2 is 2.44 bits per heavy atom. The van der Waals surface area contributed by atoms with Gasteiger partial charge in [-0.1, -0.05) is 0 Å². The molecular weight excluding hydrogens is 224 g/mol. The Labute approximate surface area is 99.0 Å². The Balaban J connectivity index is 2.21. The van der Waals surface area contributed by atoms with E-state index in [1.54, 1.807) is 17.9 Å². The third kappa shape index (κ3) is 2.02. The Bertz CT molecular complexity index is 404. The van der Waals surface area contributed by atoms with Crippen molar-refractivity contribution in [3.63, 3.8) is 0 Å². The molecule has 5 nitrogen and oxygen atoms in total. The summed E-state index contributed by atoms with van der Waals surface area (Å²) in [5, 5.41) is 4.11. The zero-order chi connectivity index (χ0) is 11.7. The Hall–Kier alpha value is -1.17. The van der Waals surface area contributed by atoms with Gasteiger partial charge in [-0.3, -0.25) is 9.48 Å². The van der Waals surface area contributed by atoms with Crippen molar-refractivity contribution in [2.45, 2.75) is 13.0 Å². The molecule has 1 fully saturated rings. The summed E-state index contributed by atoms with van der Waals surface area (Å²) in [6.45, 7) is 2.84. The van der Waals surface area contributed by atoms with Gasteiger partial charge in [0.05, 0.1) is 5.69 Å². The number of anilines is 1. The fourth-order valence-electron chi connectivity index (χ4n) is 1.84. The molecule has 1 atom stereocenters. The summed E-state index contributed by atoms with van der Waals surface area (Å²) < 4.78 is 1.58. The second-order valence-corrected chi connectivity index (χ2v) is 5.18. The highest BCUT2D eigenvalue weighted by molar-refractivity contribution is 7.99.